The third-order valence-corrected chi connectivity index (χ3v) is 7.52. The molecule has 0 amide bonds. The normalized spacial score (nSPS) is 24.7. The highest BCUT2D eigenvalue weighted by molar-refractivity contribution is 14.0. The summed E-state index contributed by atoms with van der Waals surface area (Å²) in [5, 5.41) is 16.8. The molecule has 0 atom stereocenters. The van der Waals surface area contributed by atoms with Crippen LogP contribution in [0.5, 0.6) is 0 Å². The Hall–Kier alpha value is -0.120. The van der Waals surface area contributed by atoms with E-state index in [2.05, 4.69) is 22.5 Å². The van der Waals surface area contributed by atoms with E-state index in [1.807, 2.05) is 0 Å². The maximum Gasteiger partial charge on any atom is 0.191 e. The molecule has 0 unspecified atom stereocenters. The van der Waals surface area contributed by atoms with Gasteiger partial charge in [-0.2, -0.15) is 0 Å². The van der Waals surface area contributed by atoms with Crippen LogP contribution >= 0.6 is 24.0 Å². The Labute approximate surface area is 201 Å². The second kappa shape index (κ2) is 13.4. The number of aliphatic hydroxyl groups excluding tert-OH is 1. The molecule has 0 aromatic carbocycles. The van der Waals surface area contributed by atoms with Gasteiger partial charge in [0.05, 0.1) is 13.2 Å². The molecule has 0 aromatic heterocycles. The van der Waals surface area contributed by atoms with Crippen LogP contribution in [0.15, 0.2) is 4.99 Å². The van der Waals surface area contributed by atoms with Crippen molar-refractivity contribution in [1.29, 1.82) is 0 Å². The number of nitrogens with zero attached hydrogens (tertiary/aromatic N) is 2. The lowest BCUT2D eigenvalue weighted by molar-refractivity contribution is -0.0352. The summed E-state index contributed by atoms with van der Waals surface area (Å²) in [6.07, 6.45) is 13.7. The van der Waals surface area contributed by atoms with Gasteiger partial charge in [-0.15, -0.1) is 24.0 Å². The first kappa shape index (κ1) is 26.1. The van der Waals surface area contributed by atoms with Crippen LogP contribution in [-0.2, 0) is 4.74 Å². The summed E-state index contributed by atoms with van der Waals surface area (Å²) in [7, 11) is 0. The van der Waals surface area contributed by atoms with Crippen molar-refractivity contribution in [1.82, 2.24) is 15.5 Å². The number of rotatable bonds is 8. The Morgan fingerprint density at radius 1 is 0.967 bits per heavy atom. The maximum atomic E-state index is 9.61. The molecule has 1 aliphatic heterocycles. The second-order valence-electron chi connectivity index (χ2n) is 9.47. The lowest BCUT2D eigenvalue weighted by atomic mass is 9.72. The van der Waals surface area contributed by atoms with Crippen LogP contribution in [-0.4, -0.2) is 74.0 Å². The van der Waals surface area contributed by atoms with E-state index < -0.39 is 0 Å². The number of hydrogen-bond donors (Lipinski definition) is 3. The van der Waals surface area contributed by atoms with E-state index in [1.54, 1.807) is 0 Å². The minimum atomic E-state index is 0. The van der Waals surface area contributed by atoms with Crippen LogP contribution in [0.25, 0.3) is 0 Å². The highest BCUT2D eigenvalue weighted by atomic mass is 127. The predicted molar refractivity (Wildman–Crippen MR) is 135 cm³/mol. The van der Waals surface area contributed by atoms with Crippen molar-refractivity contribution in [2.75, 3.05) is 52.5 Å². The molecule has 7 heteroatoms. The molecule has 3 aliphatic rings. The number of aliphatic imine (C=N–C) groups is 1. The predicted octanol–water partition coefficient (Wildman–Crippen LogP) is 3.53. The first-order chi connectivity index (χ1) is 14.2. The fourth-order valence-corrected chi connectivity index (χ4v) is 5.72. The summed E-state index contributed by atoms with van der Waals surface area (Å²) in [6, 6.07) is 0. The van der Waals surface area contributed by atoms with Crippen LogP contribution < -0.4 is 10.6 Å². The van der Waals surface area contributed by atoms with Crippen LogP contribution in [0, 0.1) is 5.41 Å². The first-order valence-corrected chi connectivity index (χ1v) is 12.2. The quantitative estimate of drug-likeness (QED) is 0.252. The van der Waals surface area contributed by atoms with Crippen molar-refractivity contribution in [3.05, 3.63) is 0 Å². The van der Waals surface area contributed by atoms with Gasteiger partial charge in [0, 0.05) is 44.9 Å². The molecule has 0 radical (unpaired) electrons. The monoisotopic (exact) mass is 536 g/mol. The SMILES string of the molecule is CCNC(=NCC1(CCO)CCCCC1)NCC1(N2CCOCC2)CCCCC1.I. The van der Waals surface area contributed by atoms with Gasteiger partial charge in [-0.05, 0) is 44.4 Å². The van der Waals surface area contributed by atoms with E-state index in [0.717, 1.165) is 58.3 Å². The van der Waals surface area contributed by atoms with Gasteiger partial charge in [0.1, 0.15) is 0 Å². The van der Waals surface area contributed by atoms with Crippen molar-refractivity contribution in [2.45, 2.75) is 83.1 Å². The molecular formula is C23H45IN4O2. The zero-order valence-electron chi connectivity index (χ0n) is 19.1. The minimum Gasteiger partial charge on any atom is -0.396 e. The molecule has 6 nitrogen and oxygen atoms in total. The van der Waals surface area contributed by atoms with E-state index >= 15 is 0 Å². The van der Waals surface area contributed by atoms with Gasteiger partial charge in [0.15, 0.2) is 5.96 Å². The van der Waals surface area contributed by atoms with Crippen molar-refractivity contribution in [2.24, 2.45) is 10.4 Å². The Bertz CT molecular complexity index is 494. The van der Waals surface area contributed by atoms with Gasteiger partial charge in [-0.1, -0.05) is 38.5 Å². The average Bonchev–Trinajstić information content (AvgIpc) is 2.78. The number of nitrogens with one attached hydrogen (secondary N) is 2. The van der Waals surface area contributed by atoms with Gasteiger partial charge < -0.3 is 20.5 Å². The topological polar surface area (TPSA) is 69.1 Å². The molecule has 3 N–H and O–H groups in total. The van der Waals surface area contributed by atoms with E-state index in [4.69, 9.17) is 9.73 Å². The van der Waals surface area contributed by atoms with E-state index in [-0.39, 0.29) is 41.5 Å². The minimum absolute atomic E-state index is 0. The molecule has 0 aromatic rings. The third-order valence-electron chi connectivity index (χ3n) is 7.52. The molecule has 2 aliphatic carbocycles. The molecule has 3 fully saturated rings. The first-order valence-electron chi connectivity index (χ1n) is 12.2. The standard InChI is InChI=1S/C23H44N4O2.HI/c1-2-24-21(25-19-22(13-16-28)9-5-3-6-10-22)26-20-23(11-7-4-8-12-23)27-14-17-29-18-15-27;/h28H,2-20H2,1H3,(H2,24,25,26);1H. The fourth-order valence-electron chi connectivity index (χ4n) is 5.72. The van der Waals surface area contributed by atoms with Crippen molar-refractivity contribution < 1.29 is 9.84 Å². The van der Waals surface area contributed by atoms with Gasteiger partial charge in [0.25, 0.3) is 0 Å². The second-order valence-corrected chi connectivity index (χ2v) is 9.47. The largest absolute Gasteiger partial charge is 0.396 e. The van der Waals surface area contributed by atoms with Crippen LogP contribution in [0.2, 0.25) is 0 Å². The number of guanidine groups is 1. The molecule has 1 heterocycles. The Kier molecular flexibility index (Phi) is 11.7. The number of ether oxygens (including phenoxy) is 1. The van der Waals surface area contributed by atoms with Crippen LogP contribution in [0.4, 0.5) is 0 Å². The summed E-state index contributed by atoms with van der Waals surface area (Å²) in [6.45, 7) is 8.91. The summed E-state index contributed by atoms with van der Waals surface area (Å²) < 4.78 is 5.62. The molecule has 0 spiro atoms. The van der Waals surface area contributed by atoms with Gasteiger partial charge >= 0.3 is 0 Å². The van der Waals surface area contributed by atoms with Crippen molar-refractivity contribution in [3.8, 4) is 0 Å². The van der Waals surface area contributed by atoms with E-state index in [0.29, 0.717) is 0 Å². The van der Waals surface area contributed by atoms with E-state index in [1.165, 1.54) is 64.2 Å². The molecule has 3 rings (SSSR count). The summed E-state index contributed by atoms with van der Waals surface area (Å²) in [4.78, 5) is 7.71. The zero-order valence-corrected chi connectivity index (χ0v) is 21.4. The Morgan fingerprint density at radius 3 is 2.20 bits per heavy atom. The van der Waals surface area contributed by atoms with Crippen molar-refractivity contribution >= 4 is 29.9 Å². The molecule has 30 heavy (non-hydrogen) atoms. The van der Waals surface area contributed by atoms with Gasteiger partial charge in [-0.25, -0.2) is 0 Å². The fraction of sp³-hybridized carbons (Fsp3) is 0.957. The van der Waals surface area contributed by atoms with Crippen LogP contribution in [0.1, 0.15) is 77.6 Å². The van der Waals surface area contributed by atoms with Crippen LogP contribution in [0.3, 0.4) is 0 Å². The van der Waals surface area contributed by atoms with Crippen molar-refractivity contribution in [3.63, 3.8) is 0 Å². The maximum absolute atomic E-state index is 9.61. The number of halogens is 1. The molecule has 176 valence electrons. The van der Waals surface area contributed by atoms with Gasteiger partial charge in [0.2, 0.25) is 0 Å². The Morgan fingerprint density at radius 2 is 1.60 bits per heavy atom. The third kappa shape index (κ3) is 7.20. The average molecular weight is 537 g/mol. The zero-order chi connectivity index (χ0) is 20.4. The van der Waals surface area contributed by atoms with E-state index in [9.17, 15) is 5.11 Å². The molecular weight excluding hydrogens is 491 g/mol. The summed E-state index contributed by atoms with van der Waals surface area (Å²) in [5.74, 6) is 0.952. The van der Waals surface area contributed by atoms with Gasteiger partial charge in [-0.3, -0.25) is 9.89 Å². The molecule has 0 bridgehead atoms. The summed E-state index contributed by atoms with van der Waals surface area (Å²) >= 11 is 0. The lowest BCUT2D eigenvalue weighted by Crippen LogP contribution is -2.60. The number of aliphatic hydroxyl groups is 1. The highest BCUT2D eigenvalue weighted by Gasteiger charge is 2.38. The number of hydrogen-bond acceptors (Lipinski definition) is 4. The highest BCUT2D eigenvalue weighted by Crippen LogP contribution is 2.39. The lowest BCUT2D eigenvalue weighted by Gasteiger charge is -2.48. The summed E-state index contributed by atoms with van der Waals surface area (Å²) in [5.41, 5.74) is 0.438. The molecule has 1 saturated heterocycles. The smallest absolute Gasteiger partial charge is 0.191 e. The molecule has 2 saturated carbocycles. The Balaban J connectivity index is 0.00000320. The number of morpholine rings is 1.